The lowest BCUT2D eigenvalue weighted by Crippen LogP contribution is -2.40. The SMILES string of the molecule is COC(=O)C1(c2ccccc2)CCN(c2cc(C(N)=O)c3ccccc3n2)C1. The topological polar surface area (TPSA) is 85.5 Å². The molecule has 0 saturated carbocycles. The third kappa shape index (κ3) is 2.87. The van der Waals surface area contributed by atoms with Crippen molar-refractivity contribution in [3.63, 3.8) is 0 Å². The normalized spacial score (nSPS) is 19.0. The molecule has 0 spiro atoms. The minimum atomic E-state index is -0.768. The van der Waals surface area contributed by atoms with Crippen LogP contribution < -0.4 is 10.6 Å². The molecule has 1 aliphatic rings. The van der Waals surface area contributed by atoms with Gasteiger partial charge in [-0.1, -0.05) is 48.5 Å². The molecule has 4 rings (SSSR count). The lowest BCUT2D eigenvalue weighted by Gasteiger charge is -2.27. The van der Waals surface area contributed by atoms with E-state index >= 15 is 0 Å². The molecule has 0 radical (unpaired) electrons. The van der Waals surface area contributed by atoms with Gasteiger partial charge in [0.25, 0.3) is 0 Å². The van der Waals surface area contributed by atoms with Crippen molar-refractivity contribution in [3.05, 3.63) is 71.8 Å². The first-order valence-corrected chi connectivity index (χ1v) is 9.14. The number of rotatable bonds is 4. The van der Waals surface area contributed by atoms with E-state index in [-0.39, 0.29) is 5.97 Å². The van der Waals surface area contributed by atoms with Gasteiger partial charge in [-0.25, -0.2) is 4.98 Å². The zero-order valence-electron chi connectivity index (χ0n) is 15.6. The van der Waals surface area contributed by atoms with Crippen molar-refractivity contribution in [3.8, 4) is 0 Å². The van der Waals surface area contributed by atoms with E-state index < -0.39 is 11.3 Å². The third-order valence-electron chi connectivity index (χ3n) is 5.46. The molecule has 0 aliphatic carbocycles. The first-order valence-electron chi connectivity index (χ1n) is 9.14. The minimum Gasteiger partial charge on any atom is -0.468 e. The number of anilines is 1. The third-order valence-corrected chi connectivity index (χ3v) is 5.46. The zero-order valence-corrected chi connectivity index (χ0v) is 15.6. The van der Waals surface area contributed by atoms with Crippen LogP contribution in [0.15, 0.2) is 60.7 Å². The molecule has 1 aliphatic heterocycles. The summed E-state index contributed by atoms with van der Waals surface area (Å²) in [5.41, 5.74) is 6.88. The van der Waals surface area contributed by atoms with Crippen LogP contribution in [0.2, 0.25) is 0 Å². The van der Waals surface area contributed by atoms with Gasteiger partial charge >= 0.3 is 5.97 Å². The fourth-order valence-corrected chi connectivity index (χ4v) is 4.01. The summed E-state index contributed by atoms with van der Waals surface area (Å²) < 4.78 is 5.15. The molecule has 6 heteroatoms. The first kappa shape index (κ1) is 18.0. The van der Waals surface area contributed by atoms with Gasteiger partial charge in [0.1, 0.15) is 11.2 Å². The highest BCUT2D eigenvalue weighted by atomic mass is 16.5. The molecule has 1 fully saturated rings. The van der Waals surface area contributed by atoms with E-state index in [1.165, 1.54) is 7.11 Å². The highest BCUT2D eigenvalue weighted by Crippen LogP contribution is 2.38. The van der Waals surface area contributed by atoms with E-state index in [1.807, 2.05) is 59.5 Å². The number of carbonyl (C=O) groups is 2. The molecule has 1 atom stereocenters. The highest BCUT2D eigenvalue weighted by molar-refractivity contribution is 6.06. The monoisotopic (exact) mass is 375 g/mol. The Hall–Kier alpha value is -3.41. The molecule has 6 nitrogen and oxygen atoms in total. The highest BCUT2D eigenvalue weighted by Gasteiger charge is 2.47. The molecular weight excluding hydrogens is 354 g/mol. The summed E-state index contributed by atoms with van der Waals surface area (Å²) in [5, 5.41) is 0.722. The van der Waals surface area contributed by atoms with Crippen molar-refractivity contribution < 1.29 is 14.3 Å². The molecular formula is C22H21N3O3. The standard InChI is InChI=1S/C22H21N3O3/c1-28-21(27)22(15-7-3-2-4-8-15)11-12-25(14-22)19-13-17(20(23)26)16-9-5-6-10-18(16)24-19/h2-10,13H,11-12,14H2,1H3,(H2,23,26). The number of hydrogen-bond donors (Lipinski definition) is 1. The number of methoxy groups -OCH3 is 1. The number of aromatic nitrogens is 1. The number of nitrogens with two attached hydrogens (primary N) is 1. The Labute approximate surface area is 162 Å². The number of fused-ring (bicyclic) bond motifs is 1. The summed E-state index contributed by atoms with van der Waals surface area (Å²) >= 11 is 0. The second-order valence-corrected chi connectivity index (χ2v) is 7.02. The van der Waals surface area contributed by atoms with E-state index in [9.17, 15) is 9.59 Å². The number of esters is 1. The Morgan fingerprint density at radius 3 is 2.54 bits per heavy atom. The van der Waals surface area contributed by atoms with Crippen LogP contribution in [0.1, 0.15) is 22.3 Å². The summed E-state index contributed by atoms with van der Waals surface area (Å²) in [4.78, 5) is 31.5. The van der Waals surface area contributed by atoms with Crippen LogP contribution in [0.4, 0.5) is 5.82 Å². The quantitative estimate of drug-likeness (QED) is 0.709. The number of nitrogens with zero attached hydrogens (tertiary/aromatic N) is 2. The predicted molar refractivity (Wildman–Crippen MR) is 107 cm³/mol. The number of para-hydroxylation sites is 1. The fourth-order valence-electron chi connectivity index (χ4n) is 4.01. The second-order valence-electron chi connectivity index (χ2n) is 7.02. The molecule has 1 amide bonds. The molecule has 1 unspecified atom stereocenters. The average Bonchev–Trinajstić information content (AvgIpc) is 3.19. The maximum absolute atomic E-state index is 12.8. The second kappa shape index (κ2) is 6.96. The number of primary amides is 1. The lowest BCUT2D eigenvalue weighted by molar-refractivity contribution is -0.146. The number of amides is 1. The van der Waals surface area contributed by atoms with Crippen molar-refractivity contribution in [1.29, 1.82) is 0 Å². The minimum absolute atomic E-state index is 0.267. The number of pyridine rings is 1. The molecule has 1 saturated heterocycles. The van der Waals surface area contributed by atoms with Gasteiger partial charge in [-0.2, -0.15) is 0 Å². The van der Waals surface area contributed by atoms with Crippen molar-refractivity contribution >= 4 is 28.6 Å². The Morgan fingerprint density at radius 1 is 1.11 bits per heavy atom. The van der Waals surface area contributed by atoms with Gasteiger partial charge in [0.2, 0.25) is 5.91 Å². The number of ether oxygens (including phenoxy) is 1. The largest absolute Gasteiger partial charge is 0.468 e. The molecule has 28 heavy (non-hydrogen) atoms. The van der Waals surface area contributed by atoms with Crippen LogP contribution in [0, 0.1) is 0 Å². The summed E-state index contributed by atoms with van der Waals surface area (Å²) in [6.07, 6.45) is 0.601. The maximum Gasteiger partial charge on any atom is 0.318 e. The number of carbonyl (C=O) groups excluding carboxylic acids is 2. The van der Waals surface area contributed by atoms with Crippen molar-refractivity contribution in [2.24, 2.45) is 5.73 Å². The molecule has 2 aromatic carbocycles. The van der Waals surface area contributed by atoms with E-state index in [0.29, 0.717) is 36.4 Å². The smallest absolute Gasteiger partial charge is 0.318 e. The van der Waals surface area contributed by atoms with Gasteiger partial charge in [-0.3, -0.25) is 9.59 Å². The average molecular weight is 375 g/mol. The molecule has 142 valence electrons. The Kier molecular flexibility index (Phi) is 4.47. The van der Waals surface area contributed by atoms with Crippen molar-refractivity contribution in [2.45, 2.75) is 11.8 Å². The van der Waals surface area contributed by atoms with Crippen LogP contribution in [0.5, 0.6) is 0 Å². The number of hydrogen-bond acceptors (Lipinski definition) is 5. The van der Waals surface area contributed by atoms with Crippen molar-refractivity contribution in [2.75, 3.05) is 25.1 Å². The van der Waals surface area contributed by atoms with Gasteiger partial charge < -0.3 is 15.4 Å². The Morgan fingerprint density at radius 2 is 1.82 bits per heavy atom. The van der Waals surface area contributed by atoms with Gasteiger partial charge in [0.15, 0.2) is 0 Å². The van der Waals surface area contributed by atoms with E-state index in [0.717, 1.165) is 10.9 Å². The van der Waals surface area contributed by atoms with Gasteiger partial charge in [-0.15, -0.1) is 0 Å². The van der Waals surface area contributed by atoms with Gasteiger partial charge in [0, 0.05) is 18.5 Å². The van der Waals surface area contributed by atoms with Crippen LogP contribution in [0.3, 0.4) is 0 Å². The van der Waals surface area contributed by atoms with Crippen LogP contribution in [0.25, 0.3) is 10.9 Å². The van der Waals surface area contributed by atoms with Gasteiger partial charge in [-0.05, 0) is 24.1 Å². The summed E-state index contributed by atoms with van der Waals surface area (Å²) in [6, 6.07) is 18.8. The van der Waals surface area contributed by atoms with Crippen LogP contribution in [-0.4, -0.2) is 37.1 Å². The lowest BCUT2D eigenvalue weighted by atomic mass is 9.79. The zero-order chi connectivity index (χ0) is 19.7. The molecule has 3 aromatic rings. The maximum atomic E-state index is 12.8. The molecule has 2 N–H and O–H groups in total. The van der Waals surface area contributed by atoms with Crippen molar-refractivity contribution in [1.82, 2.24) is 4.98 Å². The first-order chi connectivity index (χ1) is 13.5. The summed E-state index contributed by atoms with van der Waals surface area (Å²) in [6.45, 7) is 1.04. The summed E-state index contributed by atoms with van der Waals surface area (Å²) in [7, 11) is 1.41. The number of benzene rings is 2. The Bertz CT molecular complexity index is 1050. The van der Waals surface area contributed by atoms with E-state index in [4.69, 9.17) is 15.5 Å². The molecule has 1 aromatic heterocycles. The Balaban J connectivity index is 1.78. The van der Waals surface area contributed by atoms with Gasteiger partial charge in [0.05, 0.1) is 18.2 Å². The summed E-state index contributed by atoms with van der Waals surface area (Å²) in [5.74, 6) is -0.132. The molecule has 0 bridgehead atoms. The fraction of sp³-hybridized carbons (Fsp3) is 0.227. The van der Waals surface area contributed by atoms with Crippen LogP contribution in [-0.2, 0) is 14.9 Å². The van der Waals surface area contributed by atoms with E-state index in [1.54, 1.807) is 6.07 Å². The predicted octanol–water partition coefficient (Wildman–Crippen LogP) is 2.65. The molecule has 2 heterocycles. The van der Waals surface area contributed by atoms with E-state index in [2.05, 4.69) is 0 Å². The van der Waals surface area contributed by atoms with Crippen LogP contribution >= 0.6 is 0 Å².